The van der Waals surface area contributed by atoms with Gasteiger partial charge in [-0.2, -0.15) is 0 Å². The van der Waals surface area contributed by atoms with Gasteiger partial charge in [0.15, 0.2) is 0 Å². The van der Waals surface area contributed by atoms with Gasteiger partial charge in [0.25, 0.3) is 0 Å². The number of benzene rings is 2. The molecule has 3 atom stereocenters. The first-order valence-electron chi connectivity index (χ1n) is 11.7. The molecule has 0 radical (unpaired) electrons. The van der Waals surface area contributed by atoms with Crippen molar-refractivity contribution in [3.05, 3.63) is 90.1 Å². The second-order valence-corrected chi connectivity index (χ2v) is 9.62. The van der Waals surface area contributed by atoms with E-state index >= 15 is 0 Å². The first-order valence-corrected chi connectivity index (χ1v) is 11.7. The third-order valence-corrected chi connectivity index (χ3v) is 5.42. The fraction of sp³-hybridized carbons (Fsp3) is 0.357. The van der Waals surface area contributed by atoms with Gasteiger partial charge >= 0.3 is 6.09 Å². The largest absolute Gasteiger partial charge is 0.444 e. The molecule has 0 bridgehead atoms. The molecule has 3 aromatic rings. The lowest BCUT2D eigenvalue weighted by Gasteiger charge is -2.28. The van der Waals surface area contributed by atoms with Crippen molar-refractivity contribution in [3.63, 3.8) is 0 Å². The quantitative estimate of drug-likeness (QED) is 0.436. The third kappa shape index (κ3) is 8.28. The third-order valence-electron chi connectivity index (χ3n) is 5.42. The van der Waals surface area contributed by atoms with Gasteiger partial charge in [0.2, 0.25) is 0 Å². The predicted octanol–water partition coefficient (Wildman–Crippen LogP) is 4.51. The van der Waals surface area contributed by atoms with Crippen LogP contribution in [0.3, 0.4) is 0 Å². The second-order valence-electron chi connectivity index (χ2n) is 9.62. The average Bonchev–Trinajstić information content (AvgIpc) is 2.79. The number of pyridine rings is 1. The SMILES string of the molecule is CC(C)(C)OC(=O)N[C@@H](Cc1ccccc1)[C@@H](O)C[C@@H](N)Cc1ccc(-c2ccccn2)cc1. The fourth-order valence-corrected chi connectivity index (χ4v) is 3.82. The number of nitrogens with zero attached hydrogens (tertiary/aromatic N) is 1. The molecule has 0 spiro atoms. The van der Waals surface area contributed by atoms with Gasteiger partial charge in [0.05, 0.1) is 17.8 Å². The molecule has 6 nitrogen and oxygen atoms in total. The van der Waals surface area contributed by atoms with E-state index in [0.717, 1.165) is 22.4 Å². The number of rotatable bonds is 9. The van der Waals surface area contributed by atoms with Crippen LogP contribution in [0, 0.1) is 0 Å². The Hall–Kier alpha value is -3.22. The summed E-state index contributed by atoms with van der Waals surface area (Å²) in [7, 11) is 0. The number of nitrogens with one attached hydrogen (secondary N) is 1. The Morgan fingerprint density at radius 2 is 1.62 bits per heavy atom. The van der Waals surface area contributed by atoms with E-state index < -0.39 is 23.8 Å². The molecule has 4 N–H and O–H groups in total. The van der Waals surface area contributed by atoms with Crippen LogP contribution in [0.5, 0.6) is 0 Å². The van der Waals surface area contributed by atoms with Crippen molar-refractivity contribution < 1.29 is 14.6 Å². The molecular weight excluding hydrogens is 426 g/mol. The number of aliphatic hydroxyl groups excluding tert-OH is 1. The molecule has 1 amide bonds. The fourth-order valence-electron chi connectivity index (χ4n) is 3.82. The molecule has 3 rings (SSSR count). The highest BCUT2D eigenvalue weighted by Gasteiger charge is 2.26. The van der Waals surface area contributed by atoms with E-state index in [1.807, 2.05) is 93.6 Å². The van der Waals surface area contributed by atoms with E-state index in [-0.39, 0.29) is 6.04 Å². The van der Waals surface area contributed by atoms with E-state index in [2.05, 4.69) is 10.3 Å². The number of carbonyl (C=O) groups is 1. The monoisotopic (exact) mass is 461 g/mol. The standard InChI is InChI=1S/C28H35N3O3/c1-28(2,3)34-27(33)31-25(18-20-9-5-4-6-10-20)26(32)19-23(29)17-21-12-14-22(15-13-21)24-11-7-8-16-30-24/h4-16,23,25-26,32H,17-19,29H2,1-3H3,(H,31,33)/t23-,25-,26-/m0/s1. The van der Waals surface area contributed by atoms with Gasteiger partial charge in [-0.15, -0.1) is 0 Å². The number of aliphatic hydroxyl groups is 1. The molecule has 0 fully saturated rings. The Morgan fingerprint density at radius 3 is 2.24 bits per heavy atom. The van der Waals surface area contributed by atoms with Crippen LogP contribution in [0.15, 0.2) is 79.0 Å². The summed E-state index contributed by atoms with van der Waals surface area (Å²) >= 11 is 0. The number of amides is 1. The van der Waals surface area contributed by atoms with Gasteiger partial charge < -0.3 is 20.9 Å². The topological polar surface area (TPSA) is 97.5 Å². The van der Waals surface area contributed by atoms with Crippen molar-refractivity contribution >= 4 is 6.09 Å². The molecular formula is C28H35N3O3. The van der Waals surface area contributed by atoms with Crippen molar-refractivity contribution in [2.45, 2.75) is 63.8 Å². The van der Waals surface area contributed by atoms with Crippen LogP contribution < -0.4 is 11.1 Å². The zero-order chi connectivity index (χ0) is 24.6. The first kappa shape index (κ1) is 25.4. The van der Waals surface area contributed by atoms with Crippen LogP contribution in [0.25, 0.3) is 11.3 Å². The van der Waals surface area contributed by atoms with Crippen LogP contribution in [0.1, 0.15) is 38.3 Å². The highest BCUT2D eigenvalue weighted by molar-refractivity contribution is 5.68. The average molecular weight is 462 g/mol. The van der Waals surface area contributed by atoms with E-state index in [1.54, 1.807) is 6.20 Å². The van der Waals surface area contributed by atoms with Crippen LogP contribution in [0.2, 0.25) is 0 Å². The summed E-state index contributed by atoms with van der Waals surface area (Å²) in [4.78, 5) is 16.8. The zero-order valence-corrected chi connectivity index (χ0v) is 20.1. The summed E-state index contributed by atoms with van der Waals surface area (Å²) in [6.45, 7) is 5.43. The lowest BCUT2D eigenvalue weighted by Crippen LogP contribution is -2.48. The van der Waals surface area contributed by atoms with Gasteiger partial charge in [-0.3, -0.25) is 4.98 Å². The Morgan fingerprint density at radius 1 is 0.971 bits per heavy atom. The van der Waals surface area contributed by atoms with E-state index in [1.165, 1.54) is 0 Å². The summed E-state index contributed by atoms with van der Waals surface area (Å²) in [6.07, 6.45) is 1.84. The van der Waals surface area contributed by atoms with E-state index in [0.29, 0.717) is 19.3 Å². The summed E-state index contributed by atoms with van der Waals surface area (Å²) in [5, 5.41) is 13.8. The van der Waals surface area contributed by atoms with Crippen molar-refractivity contribution in [1.29, 1.82) is 0 Å². The summed E-state index contributed by atoms with van der Waals surface area (Å²) in [6, 6.07) is 22.9. The van der Waals surface area contributed by atoms with Gasteiger partial charge in [-0.1, -0.05) is 60.7 Å². The summed E-state index contributed by atoms with van der Waals surface area (Å²) in [5.74, 6) is 0. The number of aromatic nitrogens is 1. The normalized spacial score (nSPS) is 14.1. The summed E-state index contributed by atoms with van der Waals surface area (Å²) < 4.78 is 5.41. The lowest BCUT2D eigenvalue weighted by molar-refractivity contribution is 0.0405. The molecule has 0 aliphatic rings. The number of ether oxygens (including phenoxy) is 1. The Labute approximate surface area is 202 Å². The number of carbonyl (C=O) groups excluding carboxylic acids is 1. The molecule has 1 aromatic heterocycles. The highest BCUT2D eigenvalue weighted by Crippen LogP contribution is 2.19. The Kier molecular flexibility index (Phi) is 8.79. The molecule has 0 saturated carbocycles. The van der Waals surface area contributed by atoms with Crippen molar-refractivity contribution in [2.75, 3.05) is 0 Å². The van der Waals surface area contributed by atoms with Crippen molar-refractivity contribution in [3.8, 4) is 11.3 Å². The predicted molar refractivity (Wildman–Crippen MR) is 135 cm³/mol. The molecule has 0 aliphatic carbocycles. The maximum absolute atomic E-state index is 12.4. The highest BCUT2D eigenvalue weighted by atomic mass is 16.6. The van der Waals surface area contributed by atoms with Gasteiger partial charge in [0, 0.05) is 17.8 Å². The molecule has 180 valence electrons. The van der Waals surface area contributed by atoms with Gasteiger partial charge in [-0.05, 0) is 63.3 Å². The number of hydrogen-bond donors (Lipinski definition) is 3. The molecule has 6 heteroatoms. The molecule has 0 aliphatic heterocycles. The van der Waals surface area contributed by atoms with Gasteiger partial charge in [0.1, 0.15) is 5.60 Å². The minimum Gasteiger partial charge on any atom is -0.444 e. The van der Waals surface area contributed by atoms with Crippen LogP contribution in [-0.4, -0.2) is 40.0 Å². The summed E-state index contributed by atoms with van der Waals surface area (Å²) in [5.41, 5.74) is 9.85. The molecule has 1 heterocycles. The zero-order valence-electron chi connectivity index (χ0n) is 20.1. The number of alkyl carbamates (subject to hydrolysis) is 1. The molecule has 2 aromatic carbocycles. The Balaban J connectivity index is 1.62. The van der Waals surface area contributed by atoms with E-state index in [4.69, 9.17) is 10.5 Å². The Bertz CT molecular complexity index is 1020. The molecule has 0 unspecified atom stereocenters. The lowest BCUT2D eigenvalue weighted by atomic mass is 9.94. The van der Waals surface area contributed by atoms with Crippen molar-refractivity contribution in [2.24, 2.45) is 5.73 Å². The smallest absolute Gasteiger partial charge is 0.407 e. The van der Waals surface area contributed by atoms with E-state index in [9.17, 15) is 9.90 Å². The first-order chi connectivity index (χ1) is 16.2. The van der Waals surface area contributed by atoms with Crippen LogP contribution >= 0.6 is 0 Å². The van der Waals surface area contributed by atoms with Crippen LogP contribution in [0.4, 0.5) is 4.79 Å². The minimum absolute atomic E-state index is 0.269. The van der Waals surface area contributed by atoms with Crippen LogP contribution in [-0.2, 0) is 17.6 Å². The maximum Gasteiger partial charge on any atom is 0.407 e. The number of nitrogens with two attached hydrogens (primary N) is 1. The molecule has 34 heavy (non-hydrogen) atoms. The maximum atomic E-state index is 12.4. The number of hydrogen-bond acceptors (Lipinski definition) is 5. The van der Waals surface area contributed by atoms with Gasteiger partial charge in [-0.25, -0.2) is 4.79 Å². The molecule has 0 saturated heterocycles. The minimum atomic E-state index is -0.824. The second kappa shape index (κ2) is 11.8. The van der Waals surface area contributed by atoms with Crippen molar-refractivity contribution in [1.82, 2.24) is 10.3 Å².